The Hall–Kier alpha value is -3.03. The van der Waals surface area contributed by atoms with Gasteiger partial charge in [0.05, 0.1) is 19.6 Å². The van der Waals surface area contributed by atoms with Crippen molar-refractivity contribution in [3.05, 3.63) is 52.6 Å². The molecule has 0 aromatic carbocycles. The number of hydrogen-bond acceptors (Lipinski definition) is 7. The Morgan fingerprint density at radius 3 is 2.90 bits per heavy atom. The van der Waals surface area contributed by atoms with Gasteiger partial charge in [-0.05, 0) is 18.2 Å². The van der Waals surface area contributed by atoms with Crippen molar-refractivity contribution in [1.82, 2.24) is 9.78 Å². The van der Waals surface area contributed by atoms with E-state index in [1.165, 1.54) is 25.7 Å². The first-order chi connectivity index (χ1) is 10.2. The predicted molar refractivity (Wildman–Crippen MR) is 67.6 cm³/mol. The Morgan fingerprint density at radius 2 is 2.19 bits per heavy atom. The summed E-state index contributed by atoms with van der Waals surface area (Å²) in [7, 11) is 1.26. The van der Waals surface area contributed by atoms with Gasteiger partial charge in [-0.3, -0.25) is 0 Å². The summed E-state index contributed by atoms with van der Waals surface area (Å²) >= 11 is 0. The quantitative estimate of drug-likeness (QED) is 0.671. The molecule has 0 radical (unpaired) electrons. The molecule has 0 saturated heterocycles. The van der Waals surface area contributed by atoms with Crippen molar-refractivity contribution < 1.29 is 22.8 Å². The van der Waals surface area contributed by atoms with Gasteiger partial charge in [0.25, 0.3) is 5.89 Å². The maximum absolute atomic E-state index is 11.7. The van der Waals surface area contributed by atoms with Gasteiger partial charge in [0.2, 0.25) is 0 Å². The second-order valence-electron chi connectivity index (χ2n) is 4.06. The molecule has 0 atom stereocenters. The van der Waals surface area contributed by atoms with Crippen LogP contribution in [0, 0.1) is 0 Å². The number of hydrogen-bond donors (Lipinski definition) is 0. The zero-order valence-corrected chi connectivity index (χ0v) is 10.9. The Kier molecular flexibility index (Phi) is 3.19. The van der Waals surface area contributed by atoms with Crippen LogP contribution in [0.15, 0.2) is 48.8 Å². The Balaban J connectivity index is 1.91. The molecule has 8 nitrogen and oxygen atoms in total. The SMILES string of the molecule is COC(=O)c1ccoc1Cn1nc(-c2ccco2)oc1=O. The van der Waals surface area contributed by atoms with Gasteiger partial charge in [0.1, 0.15) is 17.9 Å². The summed E-state index contributed by atoms with van der Waals surface area (Å²) in [5, 5.41) is 3.99. The van der Waals surface area contributed by atoms with Gasteiger partial charge < -0.3 is 18.0 Å². The summed E-state index contributed by atoms with van der Waals surface area (Å²) in [6.45, 7) is -0.0551. The molecule has 0 aliphatic heterocycles. The van der Waals surface area contributed by atoms with Crippen molar-refractivity contribution >= 4 is 5.97 Å². The molecule has 3 rings (SSSR count). The van der Waals surface area contributed by atoms with Crippen LogP contribution in [0.2, 0.25) is 0 Å². The van der Waals surface area contributed by atoms with Crippen molar-refractivity contribution in [3.63, 3.8) is 0 Å². The highest BCUT2D eigenvalue weighted by molar-refractivity contribution is 5.90. The van der Waals surface area contributed by atoms with E-state index in [0.717, 1.165) is 4.68 Å². The van der Waals surface area contributed by atoms with Crippen LogP contribution in [0.3, 0.4) is 0 Å². The van der Waals surface area contributed by atoms with Gasteiger partial charge in [-0.1, -0.05) is 0 Å². The number of nitrogens with zero attached hydrogens (tertiary/aromatic N) is 2. The molecular formula is C13H10N2O6. The van der Waals surface area contributed by atoms with Gasteiger partial charge in [0.15, 0.2) is 5.76 Å². The van der Waals surface area contributed by atoms with E-state index in [2.05, 4.69) is 9.84 Å². The van der Waals surface area contributed by atoms with Gasteiger partial charge in [-0.15, -0.1) is 5.10 Å². The number of carbonyl (C=O) groups excluding carboxylic acids is 1. The molecule has 0 bridgehead atoms. The van der Waals surface area contributed by atoms with Crippen LogP contribution in [0.1, 0.15) is 16.1 Å². The van der Waals surface area contributed by atoms with Gasteiger partial charge >= 0.3 is 11.7 Å². The highest BCUT2D eigenvalue weighted by atomic mass is 16.5. The first-order valence-electron chi connectivity index (χ1n) is 5.95. The number of carbonyl (C=O) groups is 1. The highest BCUT2D eigenvalue weighted by Crippen LogP contribution is 2.17. The van der Waals surface area contributed by atoms with E-state index in [0.29, 0.717) is 5.76 Å². The summed E-state index contributed by atoms with van der Waals surface area (Å²) in [5.74, 6) is -0.604. The van der Waals surface area contributed by atoms with E-state index < -0.39 is 11.7 Å². The van der Waals surface area contributed by atoms with E-state index >= 15 is 0 Å². The lowest BCUT2D eigenvalue weighted by Gasteiger charge is -1.99. The third-order valence-electron chi connectivity index (χ3n) is 2.78. The highest BCUT2D eigenvalue weighted by Gasteiger charge is 2.19. The molecule has 8 heteroatoms. The van der Waals surface area contributed by atoms with Gasteiger partial charge in [-0.2, -0.15) is 4.68 Å². The first-order valence-corrected chi connectivity index (χ1v) is 5.95. The number of ether oxygens (including phenoxy) is 1. The van der Waals surface area contributed by atoms with E-state index in [9.17, 15) is 9.59 Å². The zero-order chi connectivity index (χ0) is 14.8. The van der Waals surface area contributed by atoms with Crippen LogP contribution >= 0.6 is 0 Å². The predicted octanol–water partition coefficient (Wildman–Crippen LogP) is 1.52. The Labute approximate surface area is 117 Å². The van der Waals surface area contributed by atoms with Crippen LogP contribution in [0.5, 0.6) is 0 Å². The van der Waals surface area contributed by atoms with Crippen LogP contribution in [0.25, 0.3) is 11.7 Å². The van der Waals surface area contributed by atoms with E-state index in [1.54, 1.807) is 12.1 Å². The topological polar surface area (TPSA) is 101 Å². The fraction of sp³-hybridized carbons (Fsp3) is 0.154. The lowest BCUT2D eigenvalue weighted by Crippen LogP contribution is -2.17. The molecule has 3 heterocycles. The first kappa shape index (κ1) is 13.0. The minimum Gasteiger partial charge on any atom is -0.466 e. The molecular weight excluding hydrogens is 280 g/mol. The zero-order valence-electron chi connectivity index (χ0n) is 10.9. The Morgan fingerprint density at radius 1 is 1.33 bits per heavy atom. The van der Waals surface area contributed by atoms with Crippen molar-refractivity contribution in [1.29, 1.82) is 0 Å². The summed E-state index contributed by atoms with van der Waals surface area (Å²) < 4.78 is 20.9. The average Bonchev–Trinajstić information content (AvgIpc) is 3.20. The van der Waals surface area contributed by atoms with Gasteiger partial charge in [-0.25, -0.2) is 9.59 Å². The molecule has 3 aromatic rings. The molecule has 0 fully saturated rings. The maximum atomic E-state index is 11.7. The van der Waals surface area contributed by atoms with Crippen molar-refractivity contribution in [2.75, 3.05) is 7.11 Å². The lowest BCUT2D eigenvalue weighted by atomic mass is 10.2. The van der Waals surface area contributed by atoms with E-state index in [1.807, 2.05) is 0 Å². The van der Waals surface area contributed by atoms with Crippen LogP contribution in [0.4, 0.5) is 0 Å². The second-order valence-corrected chi connectivity index (χ2v) is 4.06. The molecule has 0 unspecified atom stereocenters. The largest absolute Gasteiger partial charge is 0.466 e. The summed E-state index contributed by atoms with van der Waals surface area (Å²) in [6.07, 6.45) is 2.77. The molecule has 3 aromatic heterocycles. The molecule has 0 aliphatic rings. The average molecular weight is 290 g/mol. The summed E-state index contributed by atoms with van der Waals surface area (Å²) in [6, 6.07) is 4.72. The standard InChI is InChI=1S/C13H10N2O6/c1-18-12(16)8-4-6-20-10(8)7-15-13(17)21-11(14-15)9-3-2-5-19-9/h2-6H,7H2,1H3. The number of rotatable bonds is 4. The van der Waals surface area contributed by atoms with Crippen LogP contribution < -0.4 is 5.76 Å². The third-order valence-corrected chi connectivity index (χ3v) is 2.78. The normalized spacial score (nSPS) is 10.7. The molecule has 0 saturated carbocycles. The monoisotopic (exact) mass is 290 g/mol. The summed E-state index contributed by atoms with van der Waals surface area (Å²) in [5.41, 5.74) is 0.229. The maximum Gasteiger partial charge on any atom is 0.437 e. The van der Waals surface area contributed by atoms with Crippen LogP contribution in [-0.2, 0) is 11.3 Å². The van der Waals surface area contributed by atoms with Crippen molar-refractivity contribution in [2.45, 2.75) is 6.54 Å². The second kappa shape index (κ2) is 5.16. The van der Waals surface area contributed by atoms with Crippen LogP contribution in [-0.4, -0.2) is 22.9 Å². The minimum absolute atomic E-state index is 0.0520. The lowest BCUT2D eigenvalue weighted by molar-refractivity contribution is 0.0598. The third kappa shape index (κ3) is 2.38. The fourth-order valence-corrected chi connectivity index (χ4v) is 1.80. The number of methoxy groups -OCH3 is 1. The van der Waals surface area contributed by atoms with Gasteiger partial charge in [0, 0.05) is 0 Å². The van der Waals surface area contributed by atoms with Crippen molar-refractivity contribution in [3.8, 4) is 11.7 Å². The van der Waals surface area contributed by atoms with E-state index in [4.69, 9.17) is 13.3 Å². The number of furan rings is 2. The Bertz CT molecular complexity index is 808. The van der Waals surface area contributed by atoms with E-state index in [-0.39, 0.29) is 23.8 Å². The summed E-state index contributed by atoms with van der Waals surface area (Å²) in [4.78, 5) is 23.3. The smallest absolute Gasteiger partial charge is 0.437 e. The minimum atomic E-state index is -0.686. The molecule has 0 spiro atoms. The molecule has 0 aliphatic carbocycles. The molecule has 0 amide bonds. The number of esters is 1. The molecule has 0 N–H and O–H groups in total. The fourth-order valence-electron chi connectivity index (χ4n) is 1.80. The molecule has 108 valence electrons. The molecule has 21 heavy (non-hydrogen) atoms. The van der Waals surface area contributed by atoms with Crippen molar-refractivity contribution in [2.24, 2.45) is 0 Å². The number of aromatic nitrogens is 2.